The molecule has 4 unspecified atom stereocenters. The fraction of sp³-hybridized carbons (Fsp3) is 1.00. The zero-order valence-electron chi connectivity index (χ0n) is 8.97. The molecule has 1 saturated carbocycles. The lowest BCUT2D eigenvalue weighted by molar-refractivity contribution is 0.213. The van der Waals surface area contributed by atoms with Crippen LogP contribution in [-0.4, -0.2) is 16.7 Å². The number of hydrogen-bond donors (Lipinski definition) is 1. The van der Waals surface area contributed by atoms with Gasteiger partial charge in [-0.1, -0.05) is 20.8 Å². The Hall–Kier alpha value is 0.310. The van der Waals surface area contributed by atoms with Gasteiger partial charge < -0.3 is 5.32 Å². The minimum atomic E-state index is 0.464. The van der Waals surface area contributed by atoms with Crippen molar-refractivity contribution in [2.45, 2.75) is 50.2 Å². The van der Waals surface area contributed by atoms with Crippen molar-refractivity contribution < 1.29 is 0 Å². The van der Waals surface area contributed by atoms with Crippen LogP contribution in [0.3, 0.4) is 0 Å². The molecule has 1 heterocycles. The molecule has 1 nitrogen and oxygen atoms in total. The molecule has 0 aromatic rings. The number of thioether (sulfide) groups is 1. The maximum Gasteiger partial charge on any atom is 0.0651 e. The average Bonchev–Trinajstić information content (AvgIpc) is 2.42. The summed E-state index contributed by atoms with van der Waals surface area (Å²) in [4.78, 5) is 0.464. The molecule has 0 aromatic heterocycles. The summed E-state index contributed by atoms with van der Waals surface area (Å²) in [7, 11) is 0. The Bertz CT molecular complexity index is 195. The van der Waals surface area contributed by atoms with E-state index in [1.54, 1.807) is 0 Å². The van der Waals surface area contributed by atoms with Crippen molar-refractivity contribution in [1.29, 1.82) is 0 Å². The van der Waals surface area contributed by atoms with Crippen molar-refractivity contribution in [3.8, 4) is 0 Å². The first-order valence-electron chi connectivity index (χ1n) is 5.54. The summed E-state index contributed by atoms with van der Waals surface area (Å²) in [5.41, 5.74) is 0. The Labute approximate surface area is 86.0 Å². The van der Waals surface area contributed by atoms with Gasteiger partial charge in [-0.2, -0.15) is 0 Å². The zero-order valence-corrected chi connectivity index (χ0v) is 9.79. The minimum absolute atomic E-state index is 0.464. The topological polar surface area (TPSA) is 12.0 Å². The predicted molar refractivity (Wildman–Crippen MR) is 60.0 cm³/mol. The van der Waals surface area contributed by atoms with Gasteiger partial charge in [0.15, 0.2) is 0 Å². The van der Waals surface area contributed by atoms with E-state index in [2.05, 4.69) is 37.8 Å². The molecule has 1 spiro atoms. The van der Waals surface area contributed by atoms with Gasteiger partial charge >= 0.3 is 0 Å². The third kappa shape index (κ3) is 1.89. The van der Waals surface area contributed by atoms with E-state index in [1.165, 1.54) is 25.8 Å². The Kier molecular flexibility index (Phi) is 2.63. The van der Waals surface area contributed by atoms with Crippen molar-refractivity contribution in [3.05, 3.63) is 0 Å². The van der Waals surface area contributed by atoms with Gasteiger partial charge in [-0.05, 0) is 31.1 Å². The molecule has 76 valence electrons. The first kappa shape index (κ1) is 9.85. The van der Waals surface area contributed by atoms with Crippen LogP contribution < -0.4 is 5.32 Å². The second kappa shape index (κ2) is 3.47. The van der Waals surface area contributed by atoms with Crippen LogP contribution in [0.15, 0.2) is 0 Å². The fourth-order valence-electron chi connectivity index (χ4n) is 2.63. The molecule has 4 atom stereocenters. The van der Waals surface area contributed by atoms with Gasteiger partial charge in [-0.25, -0.2) is 0 Å². The molecule has 0 bridgehead atoms. The molecule has 1 aliphatic heterocycles. The standard InChI is InChI=1S/C11H21NS/c1-8-4-5-11(6-9(8)2)12-7-10(3)13-11/h8-10,12H,4-7H2,1-3H3. The first-order valence-corrected chi connectivity index (χ1v) is 6.42. The highest BCUT2D eigenvalue weighted by Crippen LogP contribution is 2.46. The predicted octanol–water partition coefficient (Wildman–Crippen LogP) is 2.86. The van der Waals surface area contributed by atoms with Gasteiger partial charge in [-0.15, -0.1) is 11.8 Å². The number of nitrogens with one attached hydrogen (secondary N) is 1. The Morgan fingerprint density at radius 2 is 2.00 bits per heavy atom. The van der Waals surface area contributed by atoms with E-state index in [9.17, 15) is 0 Å². The van der Waals surface area contributed by atoms with Crippen LogP contribution in [0.2, 0.25) is 0 Å². The van der Waals surface area contributed by atoms with Crippen molar-refractivity contribution in [2.24, 2.45) is 11.8 Å². The zero-order chi connectivity index (χ0) is 9.47. The number of hydrogen-bond acceptors (Lipinski definition) is 2. The summed E-state index contributed by atoms with van der Waals surface area (Å²) >= 11 is 2.18. The summed E-state index contributed by atoms with van der Waals surface area (Å²) in [6.07, 6.45) is 4.17. The molecular weight excluding hydrogens is 178 g/mol. The van der Waals surface area contributed by atoms with Crippen LogP contribution in [0.25, 0.3) is 0 Å². The fourth-order valence-corrected chi connectivity index (χ4v) is 4.33. The van der Waals surface area contributed by atoms with Crippen molar-refractivity contribution in [2.75, 3.05) is 6.54 Å². The highest BCUT2D eigenvalue weighted by atomic mass is 32.2. The highest BCUT2D eigenvalue weighted by Gasteiger charge is 2.42. The molecule has 1 aliphatic carbocycles. The molecular formula is C11H21NS. The Balaban J connectivity index is 2.01. The smallest absolute Gasteiger partial charge is 0.0651 e. The Morgan fingerprint density at radius 1 is 1.23 bits per heavy atom. The highest BCUT2D eigenvalue weighted by molar-refractivity contribution is 8.01. The van der Waals surface area contributed by atoms with Gasteiger partial charge in [0.2, 0.25) is 0 Å². The summed E-state index contributed by atoms with van der Waals surface area (Å²) in [5, 5.41) is 4.56. The quantitative estimate of drug-likeness (QED) is 0.644. The molecule has 2 fully saturated rings. The van der Waals surface area contributed by atoms with Crippen LogP contribution in [0.1, 0.15) is 40.0 Å². The number of rotatable bonds is 0. The van der Waals surface area contributed by atoms with Crippen molar-refractivity contribution >= 4 is 11.8 Å². The first-order chi connectivity index (χ1) is 6.11. The van der Waals surface area contributed by atoms with E-state index in [0.717, 1.165) is 17.1 Å². The van der Waals surface area contributed by atoms with Gasteiger partial charge in [0.05, 0.1) is 4.87 Å². The lowest BCUT2D eigenvalue weighted by atomic mass is 9.78. The van der Waals surface area contributed by atoms with Gasteiger partial charge in [0, 0.05) is 11.8 Å². The maximum absolute atomic E-state index is 3.74. The molecule has 2 heteroatoms. The second-order valence-corrected chi connectivity index (χ2v) is 6.82. The van der Waals surface area contributed by atoms with E-state index in [-0.39, 0.29) is 0 Å². The van der Waals surface area contributed by atoms with Crippen molar-refractivity contribution in [3.63, 3.8) is 0 Å². The maximum atomic E-state index is 3.74. The van der Waals surface area contributed by atoms with Crippen LogP contribution in [-0.2, 0) is 0 Å². The molecule has 2 aliphatic rings. The lowest BCUT2D eigenvalue weighted by Gasteiger charge is -2.39. The third-order valence-electron chi connectivity index (χ3n) is 3.77. The van der Waals surface area contributed by atoms with E-state index in [4.69, 9.17) is 0 Å². The lowest BCUT2D eigenvalue weighted by Crippen LogP contribution is -2.43. The third-order valence-corrected chi connectivity index (χ3v) is 5.30. The van der Waals surface area contributed by atoms with Crippen molar-refractivity contribution in [1.82, 2.24) is 5.32 Å². The van der Waals surface area contributed by atoms with Gasteiger partial charge in [0.25, 0.3) is 0 Å². The van der Waals surface area contributed by atoms with Crippen LogP contribution in [0.4, 0.5) is 0 Å². The monoisotopic (exact) mass is 199 g/mol. The molecule has 13 heavy (non-hydrogen) atoms. The summed E-state index contributed by atoms with van der Waals surface area (Å²) in [6.45, 7) is 8.37. The Morgan fingerprint density at radius 3 is 2.54 bits per heavy atom. The van der Waals surface area contributed by atoms with E-state index >= 15 is 0 Å². The van der Waals surface area contributed by atoms with Crippen LogP contribution in [0.5, 0.6) is 0 Å². The summed E-state index contributed by atoms with van der Waals surface area (Å²) in [6, 6.07) is 0. The SMILES string of the molecule is CC1CNC2(CCC(C)C(C)C2)S1. The van der Waals surface area contributed by atoms with Crippen LogP contribution in [0, 0.1) is 11.8 Å². The van der Waals surface area contributed by atoms with E-state index in [0.29, 0.717) is 4.87 Å². The average molecular weight is 199 g/mol. The second-order valence-electron chi connectivity index (χ2n) is 5.00. The van der Waals surface area contributed by atoms with Gasteiger partial charge in [-0.3, -0.25) is 0 Å². The summed E-state index contributed by atoms with van der Waals surface area (Å²) < 4.78 is 0. The molecule has 0 amide bonds. The van der Waals surface area contributed by atoms with Crippen LogP contribution >= 0.6 is 11.8 Å². The normalized spacial score (nSPS) is 51.5. The molecule has 2 rings (SSSR count). The van der Waals surface area contributed by atoms with Gasteiger partial charge in [0.1, 0.15) is 0 Å². The summed E-state index contributed by atoms with van der Waals surface area (Å²) in [5.74, 6) is 1.84. The molecule has 0 aromatic carbocycles. The molecule has 0 radical (unpaired) electrons. The largest absolute Gasteiger partial charge is 0.302 e. The molecule has 1 saturated heterocycles. The molecule has 1 N–H and O–H groups in total. The van der Waals surface area contributed by atoms with E-state index in [1.807, 2.05) is 0 Å². The van der Waals surface area contributed by atoms with E-state index < -0.39 is 0 Å². The minimum Gasteiger partial charge on any atom is -0.302 e.